The molecule has 0 aromatic heterocycles. The summed E-state index contributed by atoms with van der Waals surface area (Å²) in [6.45, 7) is 5.18. The number of carbonyl (C=O) groups is 1. The molecule has 1 fully saturated rings. The van der Waals surface area contributed by atoms with E-state index in [9.17, 15) is 4.79 Å². The number of allylic oxidation sites excluding steroid dienone is 2. The third-order valence-electron chi connectivity index (χ3n) is 2.31. The summed E-state index contributed by atoms with van der Waals surface area (Å²) >= 11 is 0. The lowest BCUT2D eigenvalue weighted by Gasteiger charge is -2.19. The summed E-state index contributed by atoms with van der Waals surface area (Å²) in [5.74, 6) is 0.740. The van der Waals surface area contributed by atoms with Gasteiger partial charge in [-0.15, -0.1) is 0 Å². The Bertz CT molecular complexity index is 188. The van der Waals surface area contributed by atoms with Gasteiger partial charge in [-0.3, -0.25) is 4.79 Å². The van der Waals surface area contributed by atoms with Crippen LogP contribution in [0.3, 0.4) is 0 Å². The van der Waals surface area contributed by atoms with Crippen molar-refractivity contribution in [3.63, 3.8) is 0 Å². The molecule has 1 aliphatic rings. The predicted molar refractivity (Wildman–Crippen MR) is 48.0 cm³/mol. The zero-order chi connectivity index (χ0) is 8.97. The van der Waals surface area contributed by atoms with Crippen LogP contribution in [0.4, 0.5) is 0 Å². The molecule has 0 spiro atoms. The zero-order valence-electron chi connectivity index (χ0n) is 7.80. The van der Waals surface area contributed by atoms with Gasteiger partial charge in [0.1, 0.15) is 0 Å². The fraction of sp³-hybridized carbons (Fsp3) is 0.700. The van der Waals surface area contributed by atoms with Crippen LogP contribution >= 0.6 is 0 Å². The first-order chi connectivity index (χ1) is 5.70. The first kappa shape index (κ1) is 9.46. The third kappa shape index (κ3) is 2.78. The van der Waals surface area contributed by atoms with Crippen molar-refractivity contribution in [2.75, 3.05) is 13.2 Å². The van der Waals surface area contributed by atoms with Crippen molar-refractivity contribution < 1.29 is 9.53 Å². The Labute approximate surface area is 73.6 Å². The Morgan fingerprint density at radius 3 is 2.42 bits per heavy atom. The molecule has 0 atom stereocenters. The molecule has 0 saturated carbocycles. The first-order valence-corrected chi connectivity index (χ1v) is 4.47. The van der Waals surface area contributed by atoms with Crippen molar-refractivity contribution in [1.82, 2.24) is 0 Å². The molecule has 0 amide bonds. The summed E-state index contributed by atoms with van der Waals surface area (Å²) in [6.07, 6.45) is 4.21. The van der Waals surface area contributed by atoms with E-state index < -0.39 is 0 Å². The molecule has 0 aromatic rings. The molecule has 2 heteroatoms. The predicted octanol–water partition coefficient (Wildman–Crippen LogP) is 1.95. The maximum absolute atomic E-state index is 10.9. The lowest BCUT2D eigenvalue weighted by atomic mass is 9.97. The molecule has 1 aliphatic heterocycles. The van der Waals surface area contributed by atoms with Crippen LogP contribution < -0.4 is 0 Å². The van der Waals surface area contributed by atoms with Gasteiger partial charge in [0.2, 0.25) is 0 Å². The standard InChI is InChI=1S/C10H16O2/c1-8(9(2)11)7-10-3-5-12-6-4-10/h7,10H,3-6H2,1-2H3. The molecule has 12 heavy (non-hydrogen) atoms. The van der Waals surface area contributed by atoms with Gasteiger partial charge in [-0.2, -0.15) is 0 Å². The van der Waals surface area contributed by atoms with E-state index in [-0.39, 0.29) is 5.78 Å². The fourth-order valence-corrected chi connectivity index (χ4v) is 1.35. The summed E-state index contributed by atoms with van der Waals surface area (Å²) in [4.78, 5) is 10.9. The van der Waals surface area contributed by atoms with Crippen molar-refractivity contribution in [3.05, 3.63) is 11.6 Å². The maximum Gasteiger partial charge on any atom is 0.155 e. The molecule has 0 unspecified atom stereocenters. The second kappa shape index (κ2) is 4.41. The minimum atomic E-state index is 0.182. The van der Waals surface area contributed by atoms with Crippen LogP contribution in [0.2, 0.25) is 0 Å². The number of ketones is 1. The third-order valence-corrected chi connectivity index (χ3v) is 2.31. The van der Waals surface area contributed by atoms with Gasteiger partial charge in [-0.1, -0.05) is 6.08 Å². The minimum Gasteiger partial charge on any atom is -0.381 e. The molecule has 0 radical (unpaired) electrons. The highest BCUT2D eigenvalue weighted by Gasteiger charge is 2.11. The van der Waals surface area contributed by atoms with Gasteiger partial charge in [0.05, 0.1) is 0 Å². The van der Waals surface area contributed by atoms with E-state index in [1.165, 1.54) is 0 Å². The summed E-state index contributed by atoms with van der Waals surface area (Å²) in [6, 6.07) is 0. The van der Waals surface area contributed by atoms with Crippen molar-refractivity contribution in [2.24, 2.45) is 5.92 Å². The van der Waals surface area contributed by atoms with E-state index in [0.717, 1.165) is 31.6 Å². The van der Waals surface area contributed by atoms with Crippen LogP contribution in [0.1, 0.15) is 26.7 Å². The molecule has 2 nitrogen and oxygen atoms in total. The maximum atomic E-state index is 10.9. The minimum absolute atomic E-state index is 0.182. The number of hydrogen-bond acceptors (Lipinski definition) is 2. The van der Waals surface area contributed by atoms with Gasteiger partial charge in [0.15, 0.2) is 5.78 Å². The summed E-state index contributed by atoms with van der Waals surface area (Å²) in [5, 5.41) is 0. The van der Waals surface area contributed by atoms with Crippen LogP contribution in [0.15, 0.2) is 11.6 Å². The molecule has 0 bridgehead atoms. The van der Waals surface area contributed by atoms with E-state index in [0.29, 0.717) is 5.92 Å². The monoisotopic (exact) mass is 168 g/mol. The molecular formula is C10H16O2. The quantitative estimate of drug-likeness (QED) is 0.589. The van der Waals surface area contributed by atoms with E-state index in [1.807, 2.05) is 6.92 Å². The van der Waals surface area contributed by atoms with Crippen molar-refractivity contribution in [3.8, 4) is 0 Å². The Morgan fingerprint density at radius 2 is 1.92 bits per heavy atom. The second-order valence-corrected chi connectivity index (χ2v) is 3.36. The molecule has 1 heterocycles. The van der Waals surface area contributed by atoms with Crippen molar-refractivity contribution in [1.29, 1.82) is 0 Å². The average molecular weight is 168 g/mol. The second-order valence-electron chi connectivity index (χ2n) is 3.36. The lowest BCUT2D eigenvalue weighted by Crippen LogP contribution is -2.14. The summed E-state index contributed by atoms with van der Waals surface area (Å²) < 4.78 is 5.23. The van der Waals surface area contributed by atoms with Gasteiger partial charge in [0.25, 0.3) is 0 Å². The molecule has 1 saturated heterocycles. The summed E-state index contributed by atoms with van der Waals surface area (Å²) in [5.41, 5.74) is 0.891. The highest BCUT2D eigenvalue weighted by Crippen LogP contribution is 2.17. The normalized spacial score (nSPS) is 21.0. The van der Waals surface area contributed by atoms with Crippen LogP contribution in [0.25, 0.3) is 0 Å². The topological polar surface area (TPSA) is 26.3 Å². The van der Waals surface area contributed by atoms with E-state index in [2.05, 4.69) is 6.08 Å². The number of hydrogen-bond donors (Lipinski definition) is 0. The Balaban J connectivity index is 2.47. The number of Topliss-reactive ketones (excluding diaryl/α,β-unsaturated/α-hetero) is 1. The van der Waals surface area contributed by atoms with Gasteiger partial charge >= 0.3 is 0 Å². The van der Waals surface area contributed by atoms with Gasteiger partial charge in [0, 0.05) is 13.2 Å². The van der Waals surface area contributed by atoms with Crippen LogP contribution in [0.5, 0.6) is 0 Å². The number of carbonyl (C=O) groups excluding carboxylic acids is 1. The van der Waals surface area contributed by atoms with Crippen molar-refractivity contribution >= 4 is 5.78 Å². The first-order valence-electron chi connectivity index (χ1n) is 4.47. The average Bonchev–Trinajstić information content (AvgIpc) is 2.06. The highest BCUT2D eigenvalue weighted by atomic mass is 16.5. The smallest absolute Gasteiger partial charge is 0.155 e. The SMILES string of the molecule is CC(=O)C(C)=CC1CCOCC1. The highest BCUT2D eigenvalue weighted by molar-refractivity contribution is 5.92. The number of ether oxygens (including phenoxy) is 1. The molecule has 0 N–H and O–H groups in total. The lowest BCUT2D eigenvalue weighted by molar-refractivity contribution is -0.113. The van der Waals surface area contributed by atoms with E-state index >= 15 is 0 Å². The van der Waals surface area contributed by atoms with Crippen molar-refractivity contribution in [2.45, 2.75) is 26.7 Å². The van der Waals surface area contributed by atoms with E-state index in [1.54, 1.807) is 6.92 Å². The number of rotatable bonds is 2. The summed E-state index contributed by atoms with van der Waals surface area (Å²) in [7, 11) is 0. The molecular weight excluding hydrogens is 152 g/mol. The Kier molecular flexibility index (Phi) is 3.48. The van der Waals surface area contributed by atoms with Crippen LogP contribution in [-0.4, -0.2) is 19.0 Å². The molecule has 0 aromatic carbocycles. The fourth-order valence-electron chi connectivity index (χ4n) is 1.35. The zero-order valence-corrected chi connectivity index (χ0v) is 7.80. The largest absolute Gasteiger partial charge is 0.381 e. The molecule has 0 aliphatic carbocycles. The van der Waals surface area contributed by atoms with Gasteiger partial charge < -0.3 is 4.74 Å². The molecule has 68 valence electrons. The van der Waals surface area contributed by atoms with Gasteiger partial charge in [-0.05, 0) is 38.2 Å². The van der Waals surface area contributed by atoms with Gasteiger partial charge in [-0.25, -0.2) is 0 Å². The Hall–Kier alpha value is -0.630. The Morgan fingerprint density at radius 1 is 1.33 bits per heavy atom. The van der Waals surface area contributed by atoms with Crippen LogP contribution in [-0.2, 0) is 9.53 Å². The molecule has 1 rings (SSSR count). The van der Waals surface area contributed by atoms with Crippen LogP contribution in [0, 0.1) is 5.92 Å². The van der Waals surface area contributed by atoms with E-state index in [4.69, 9.17) is 4.74 Å².